The van der Waals surface area contributed by atoms with Crippen LogP contribution in [0, 0.1) is 0 Å². The summed E-state index contributed by atoms with van der Waals surface area (Å²) in [6.07, 6.45) is -0.339. The fourth-order valence-electron chi connectivity index (χ4n) is 2.89. The smallest absolute Gasteiger partial charge is 0.485 e. The lowest BCUT2D eigenvalue weighted by Gasteiger charge is -2.32. The van der Waals surface area contributed by atoms with E-state index in [4.69, 9.17) is 23.5 Å². The van der Waals surface area contributed by atoms with E-state index in [0.717, 1.165) is 5.46 Å². The molecule has 2 aromatic rings. The van der Waals surface area contributed by atoms with Gasteiger partial charge in [-0.1, -0.05) is 12.1 Å². The molecule has 2 saturated heterocycles. The Morgan fingerprint density at radius 2 is 1.82 bits per heavy atom. The van der Waals surface area contributed by atoms with Gasteiger partial charge in [-0.05, 0) is 50.5 Å². The summed E-state index contributed by atoms with van der Waals surface area (Å²) in [5.74, 6) is 1.18. The summed E-state index contributed by atoms with van der Waals surface area (Å²) < 4.78 is 28.8. The summed E-state index contributed by atoms with van der Waals surface area (Å²) in [5.41, 5.74) is 0.221. The SMILES string of the molecule is CC1(C)OB(c2ccc(OCc3nnn(C4COCCO4)n3)cc2)OC1(C)C. The number of tetrazole rings is 1. The summed E-state index contributed by atoms with van der Waals surface area (Å²) in [6, 6.07) is 7.63. The summed E-state index contributed by atoms with van der Waals surface area (Å²) in [4.78, 5) is 1.42. The third-order valence-corrected chi connectivity index (χ3v) is 5.30. The molecule has 0 N–H and O–H groups in total. The number of aromatic nitrogens is 4. The molecule has 0 amide bonds. The van der Waals surface area contributed by atoms with Gasteiger partial charge in [0.15, 0.2) is 12.8 Å². The van der Waals surface area contributed by atoms with Crippen LogP contribution in [-0.2, 0) is 25.4 Å². The molecule has 0 spiro atoms. The van der Waals surface area contributed by atoms with Crippen LogP contribution in [0.3, 0.4) is 0 Å². The normalized spacial score (nSPS) is 23.7. The molecule has 10 heteroatoms. The van der Waals surface area contributed by atoms with Crippen molar-refractivity contribution in [3.63, 3.8) is 0 Å². The molecule has 1 aromatic heterocycles. The molecule has 1 atom stereocenters. The van der Waals surface area contributed by atoms with Gasteiger partial charge in [0, 0.05) is 0 Å². The maximum Gasteiger partial charge on any atom is 0.494 e. The second-order valence-electron chi connectivity index (χ2n) is 7.87. The van der Waals surface area contributed by atoms with Gasteiger partial charge in [-0.25, -0.2) is 0 Å². The molecule has 150 valence electrons. The van der Waals surface area contributed by atoms with Crippen molar-refractivity contribution in [1.82, 2.24) is 20.2 Å². The van der Waals surface area contributed by atoms with Crippen LogP contribution in [0.5, 0.6) is 5.75 Å². The Hall–Kier alpha value is -2.01. The first kappa shape index (κ1) is 19.3. The van der Waals surface area contributed by atoms with E-state index in [2.05, 4.69) is 15.4 Å². The lowest BCUT2D eigenvalue weighted by molar-refractivity contribution is -0.133. The van der Waals surface area contributed by atoms with Gasteiger partial charge in [0.25, 0.3) is 0 Å². The van der Waals surface area contributed by atoms with Crippen molar-refractivity contribution in [1.29, 1.82) is 0 Å². The van der Waals surface area contributed by atoms with E-state index in [9.17, 15) is 0 Å². The van der Waals surface area contributed by atoms with Crippen LogP contribution in [0.25, 0.3) is 0 Å². The van der Waals surface area contributed by atoms with Gasteiger partial charge in [0.05, 0.1) is 31.0 Å². The fourth-order valence-corrected chi connectivity index (χ4v) is 2.89. The Balaban J connectivity index is 1.33. The van der Waals surface area contributed by atoms with Gasteiger partial charge >= 0.3 is 7.12 Å². The van der Waals surface area contributed by atoms with Crippen molar-refractivity contribution >= 4 is 12.6 Å². The van der Waals surface area contributed by atoms with Gasteiger partial charge in [-0.15, -0.1) is 15.0 Å². The summed E-state index contributed by atoms with van der Waals surface area (Å²) in [7, 11) is -0.390. The zero-order chi connectivity index (χ0) is 19.8. The molecule has 2 aliphatic heterocycles. The maximum atomic E-state index is 6.06. The molecule has 9 nitrogen and oxygen atoms in total. The minimum atomic E-state index is -0.390. The summed E-state index contributed by atoms with van der Waals surface area (Å²) >= 11 is 0. The monoisotopic (exact) mass is 388 g/mol. The number of nitrogens with zero attached hydrogens (tertiary/aromatic N) is 4. The second-order valence-corrected chi connectivity index (χ2v) is 7.87. The highest BCUT2D eigenvalue weighted by molar-refractivity contribution is 6.62. The largest absolute Gasteiger partial charge is 0.494 e. The van der Waals surface area contributed by atoms with Gasteiger partial charge in [-0.3, -0.25) is 0 Å². The average molecular weight is 388 g/mol. The molecule has 1 aromatic carbocycles. The second kappa shape index (κ2) is 7.44. The summed E-state index contributed by atoms with van der Waals surface area (Å²) in [6.45, 7) is 9.88. The lowest BCUT2D eigenvalue weighted by Crippen LogP contribution is -2.41. The molecular weight excluding hydrogens is 363 g/mol. The van der Waals surface area contributed by atoms with Crippen LogP contribution in [0.1, 0.15) is 39.7 Å². The molecule has 2 fully saturated rings. The molecule has 2 aliphatic rings. The van der Waals surface area contributed by atoms with Gasteiger partial charge in [0.2, 0.25) is 5.82 Å². The predicted molar refractivity (Wildman–Crippen MR) is 100 cm³/mol. The topological polar surface area (TPSA) is 89.8 Å². The van der Waals surface area contributed by atoms with Crippen LogP contribution in [-0.4, -0.2) is 58.3 Å². The zero-order valence-corrected chi connectivity index (χ0v) is 16.6. The third kappa shape index (κ3) is 3.91. The predicted octanol–water partition coefficient (Wildman–Crippen LogP) is 1.10. The van der Waals surface area contributed by atoms with E-state index < -0.39 is 7.12 Å². The molecule has 0 aliphatic carbocycles. The number of rotatable bonds is 5. The van der Waals surface area contributed by atoms with E-state index in [0.29, 0.717) is 31.4 Å². The van der Waals surface area contributed by atoms with E-state index in [1.54, 1.807) is 0 Å². The van der Waals surface area contributed by atoms with Crippen LogP contribution in [0.15, 0.2) is 24.3 Å². The van der Waals surface area contributed by atoms with Crippen molar-refractivity contribution in [3.05, 3.63) is 30.1 Å². The average Bonchev–Trinajstić information content (AvgIpc) is 3.23. The van der Waals surface area contributed by atoms with E-state index in [1.807, 2.05) is 52.0 Å². The minimum absolute atomic E-state index is 0.212. The Bertz CT molecular complexity index is 789. The van der Waals surface area contributed by atoms with Crippen LogP contribution >= 0.6 is 0 Å². The maximum absolute atomic E-state index is 6.06. The Labute approximate surface area is 164 Å². The standard InChI is InChI=1S/C18H25BN4O5/c1-17(2)18(3,4)28-19(27-17)13-5-7-14(8-6-13)26-11-15-20-22-23(21-15)16-12-24-9-10-25-16/h5-8,16H,9-12H2,1-4H3. The zero-order valence-electron chi connectivity index (χ0n) is 16.6. The highest BCUT2D eigenvalue weighted by Crippen LogP contribution is 2.36. The van der Waals surface area contributed by atoms with Crippen LogP contribution < -0.4 is 10.2 Å². The molecule has 28 heavy (non-hydrogen) atoms. The molecule has 0 saturated carbocycles. The van der Waals surface area contributed by atoms with Crippen molar-refractivity contribution in [3.8, 4) is 5.75 Å². The Morgan fingerprint density at radius 3 is 2.46 bits per heavy atom. The molecular formula is C18H25BN4O5. The third-order valence-electron chi connectivity index (χ3n) is 5.30. The first-order valence-corrected chi connectivity index (χ1v) is 9.40. The highest BCUT2D eigenvalue weighted by Gasteiger charge is 2.51. The molecule has 3 heterocycles. The number of benzene rings is 1. The molecule has 0 radical (unpaired) electrons. The fraction of sp³-hybridized carbons (Fsp3) is 0.611. The van der Waals surface area contributed by atoms with Gasteiger partial charge < -0.3 is 23.5 Å². The minimum Gasteiger partial charge on any atom is -0.485 e. The number of hydrogen-bond donors (Lipinski definition) is 0. The van der Waals surface area contributed by atoms with E-state index in [-0.39, 0.29) is 24.0 Å². The van der Waals surface area contributed by atoms with Crippen molar-refractivity contribution in [2.75, 3.05) is 19.8 Å². The van der Waals surface area contributed by atoms with Crippen molar-refractivity contribution < 1.29 is 23.5 Å². The van der Waals surface area contributed by atoms with Gasteiger partial charge in [0.1, 0.15) is 5.75 Å². The van der Waals surface area contributed by atoms with E-state index >= 15 is 0 Å². The van der Waals surface area contributed by atoms with E-state index in [1.165, 1.54) is 4.80 Å². The van der Waals surface area contributed by atoms with Gasteiger partial charge in [-0.2, -0.15) is 0 Å². The Morgan fingerprint density at radius 1 is 1.11 bits per heavy atom. The molecule has 0 bridgehead atoms. The highest BCUT2D eigenvalue weighted by atomic mass is 16.7. The van der Waals surface area contributed by atoms with Crippen LogP contribution in [0.2, 0.25) is 0 Å². The molecule has 4 rings (SSSR count). The first-order chi connectivity index (χ1) is 13.3. The first-order valence-electron chi connectivity index (χ1n) is 9.40. The number of ether oxygens (including phenoxy) is 3. The lowest BCUT2D eigenvalue weighted by atomic mass is 9.79. The Kier molecular flexibility index (Phi) is 5.13. The van der Waals surface area contributed by atoms with Crippen LogP contribution in [0.4, 0.5) is 0 Å². The van der Waals surface area contributed by atoms with Crippen molar-refractivity contribution in [2.24, 2.45) is 0 Å². The van der Waals surface area contributed by atoms with Crippen molar-refractivity contribution in [2.45, 2.75) is 51.7 Å². The quantitative estimate of drug-likeness (QED) is 0.704. The number of hydrogen-bond acceptors (Lipinski definition) is 8. The molecule has 1 unspecified atom stereocenters. The summed E-state index contributed by atoms with van der Waals surface area (Å²) in [5, 5.41) is 12.3.